The van der Waals surface area contributed by atoms with Gasteiger partial charge in [0.25, 0.3) is 0 Å². The van der Waals surface area contributed by atoms with Crippen LogP contribution in [0.15, 0.2) is 29.0 Å². The fourth-order valence-electron chi connectivity index (χ4n) is 2.86. The van der Waals surface area contributed by atoms with Crippen molar-refractivity contribution < 1.29 is 27.5 Å². The van der Waals surface area contributed by atoms with Crippen molar-refractivity contribution >= 4 is 11.8 Å². The third kappa shape index (κ3) is 4.06. The number of furan rings is 1. The lowest BCUT2D eigenvalue weighted by Gasteiger charge is -2.19. The van der Waals surface area contributed by atoms with E-state index in [9.17, 15) is 18.4 Å². The second-order valence-electron chi connectivity index (χ2n) is 5.74. The summed E-state index contributed by atoms with van der Waals surface area (Å²) in [4.78, 5) is 13.3. The van der Waals surface area contributed by atoms with Gasteiger partial charge >= 0.3 is 12.1 Å². The normalized spacial score (nSPS) is 11.8. The van der Waals surface area contributed by atoms with Gasteiger partial charge in [0.15, 0.2) is 0 Å². The molecular formula is C18H16F3N5O3. The van der Waals surface area contributed by atoms with Crippen LogP contribution in [0.5, 0.6) is 0 Å². The molecule has 0 saturated heterocycles. The number of fused-ring (bicyclic) bond motifs is 3. The second kappa shape index (κ2) is 8.05. The van der Waals surface area contributed by atoms with E-state index in [1.54, 1.807) is 18.5 Å². The molecule has 3 aromatic heterocycles. The fourth-order valence-corrected chi connectivity index (χ4v) is 2.86. The van der Waals surface area contributed by atoms with Crippen molar-refractivity contribution in [1.29, 1.82) is 5.26 Å². The summed E-state index contributed by atoms with van der Waals surface area (Å²) in [5.41, 5.74) is 10.8. The Morgan fingerprint density at radius 3 is 2.62 bits per heavy atom. The van der Waals surface area contributed by atoms with Gasteiger partial charge in [0.05, 0.1) is 23.8 Å². The molecule has 8 nitrogen and oxygen atoms in total. The van der Waals surface area contributed by atoms with Crippen LogP contribution >= 0.6 is 0 Å². The number of carbonyl (C=O) groups is 1. The van der Waals surface area contributed by atoms with E-state index in [0.717, 1.165) is 40.9 Å². The Morgan fingerprint density at radius 2 is 2.07 bits per heavy atom. The number of alkyl halides is 3. The van der Waals surface area contributed by atoms with Gasteiger partial charge in [-0.25, -0.2) is 9.78 Å². The number of aryl methyl sites for hydroxylation is 1. The number of halogens is 3. The molecule has 11 heteroatoms. The highest BCUT2D eigenvalue weighted by Gasteiger charge is 2.38. The van der Waals surface area contributed by atoms with Crippen LogP contribution in [-0.4, -0.2) is 32.4 Å². The van der Waals surface area contributed by atoms with Crippen molar-refractivity contribution in [3.8, 4) is 28.8 Å². The Kier molecular flexibility index (Phi) is 5.97. The lowest BCUT2D eigenvalue weighted by Crippen LogP contribution is -2.21. The van der Waals surface area contributed by atoms with E-state index in [0.29, 0.717) is 11.3 Å². The van der Waals surface area contributed by atoms with E-state index in [1.165, 1.54) is 0 Å². The first-order chi connectivity index (χ1) is 13.2. The van der Waals surface area contributed by atoms with Crippen molar-refractivity contribution in [2.24, 2.45) is 0 Å². The molecule has 0 atom stereocenters. The number of hydrogen-bond donors (Lipinski definition) is 3. The summed E-state index contributed by atoms with van der Waals surface area (Å²) in [6.45, 7) is 0. The average molecular weight is 407 g/mol. The predicted molar refractivity (Wildman–Crippen MR) is 96.5 cm³/mol. The number of nitrogens with one attached hydrogen (secondary N) is 1. The third-order valence-electron chi connectivity index (χ3n) is 4.05. The number of anilines is 1. The number of hydrogen-bond acceptors (Lipinski definition) is 6. The molecule has 0 unspecified atom stereocenters. The second-order valence-corrected chi connectivity index (χ2v) is 5.74. The van der Waals surface area contributed by atoms with Gasteiger partial charge in [-0.2, -0.15) is 23.5 Å². The van der Waals surface area contributed by atoms with Crippen LogP contribution < -0.4 is 5.73 Å². The van der Waals surface area contributed by atoms with Crippen molar-refractivity contribution in [3.63, 3.8) is 0 Å². The Balaban J connectivity index is 0.000000327. The Labute approximate surface area is 162 Å². The lowest BCUT2D eigenvalue weighted by atomic mass is 9.88. The first-order valence-corrected chi connectivity index (χ1v) is 7.83. The molecule has 29 heavy (non-hydrogen) atoms. The van der Waals surface area contributed by atoms with Gasteiger partial charge in [0, 0.05) is 5.56 Å². The van der Waals surface area contributed by atoms with Crippen LogP contribution in [0.2, 0.25) is 0 Å². The molecule has 4 rings (SSSR count). The molecule has 0 aliphatic heterocycles. The molecule has 4 N–H and O–H groups in total. The molecular weight excluding hydrogens is 391 g/mol. The molecule has 3 aromatic rings. The first-order valence-electron chi connectivity index (χ1n) is 7.83. The minimum atomic E-state index is -5.08. The number of aromatic nitrogens is 3. The van der Waals surface area contributed by atoms with Gasteiger partial charge in [-0.3, -0.25) is 5.10 Å². The fraction of sp³-hybridized carbons (Fsp3) is 0.222. The van der Waals surface area contributed by atoms with E-state index in [1.807, 2.05) is 6.07 Å². The molecule has 0 amide bonds. The zero-order chi connectivity index (χ0) is 20.5. The number of nitrogen functional groups attached to an aromatic ring is 1. The van der Waals surface area contributed by atoms with Crippen LogP contribution in [0.1, 0.15) is 24.1 Å². The maximum Gasteiger partial charge on any atom is 0.490 e. The molecule has 1 aliphatic carbocycles. The van der Waals surface area contributed by atoms with E-state index in [4.69, 9.17) is 20.1 Å². The lowest BCUT2D eigenvalue weighted by molar-refractivity contribution is -0.192. The number of nitriles is 1. The SMILES string of the molecule is C.N#Cc1c(N)nc2c(c1-c1ccco1)CCc1cn[nH]c1-2.O=C(O)C(F)(F)F. The van der Waals surface area contributed by atoms with Crippen LogP contribution in [0, 0.1) is 11.3 Å². The number of aliphatic carboxylic acids is 1. The predicted octanol–water partition coefficient (Wildman–Crippen LogP) is 3.55. The smallest absolute Gasteiger partial charge is 0.475 e. The van der Waals surface area contributed by atoms with Crippen molar-refractivity contribution in [2.45, 2.75) is 26.4 Å². The van der Waals surface area contributed by atoms with Crippen molar-refractivity contribution in [1.82, 2.24) is 15.2 Å². The first kappa shape index (κ1) is 21.5. The Morgan fingerprint density at radius 1 is 1.38 bits per heavy atom. The van der Waals surface area contributed by atoms with Gasteiger partial charge in [0.2, 0.25) is 0 Å². The van der Waals surface area contributed by atoms with Crippen LogP contribution in [0.3, 0.4) is 0 Å². The molecule has 1 aliphatic rings. The number of carboxylic acids is 1. The van der Waals surface area contributed by atoms with Gasteiger partial charge in [0.1, 0.15) is 23.2 Å². The number of nitrogens with two attached hydrogens (primary N) is 1. The van der Waals surface area contributed by atoms with Gasteiger partial charge in [-0.05, 0) is 36.1 Å². The molecule has 0 radical (unpaired) electrons. The van der Waals surface area contributed by atoms with E-state index < -0.39 is 12.1 Å². The molecule has 0 fully saturated rings. The molecule has 0 aromatic carbocycles. The summed E-state index contributed by atoms with van der Waals surface area (Å²) in [5.74, 6) is -1.91. The Bertz CT molecular complexity index is 1070. The van der Waals surface area contributed by atoms with Gasteiger partial charge in [-0.1, -0.05) is 7.43 Å². The quantitative estimate of drug-likeness (QED) is 0.560. The topological polar surface area (TPSA) is 142 Å². The molecule has 152 valence electrons. The van der Waals surface area contributed by atoms with Crippen LogP contribution in [0.4, 0.5) is 19.0 Å². The van der Waals surface area contributed by atoms with Crippen LogP contribution in [-0.2, 0) is 17.6 Å². The number of aromatic amines is 1. The highest BCUT2D eigenvalue weighted by Crippen LogP contribution is 2.40. The van der Waals surface area contributed by atoms with Crippen LogP contribution in [0.25, 0.3) is 22.7 Å². The number of nitrogens with zero attached hydrogens (tertiary/aromatic N) is 3. The summed E-state index contributed by atoms with van der Waals surface area (Å²) in [6.07, 6.45) is -0.0618. The minimum Gasteiger partial charge on any atom is -0.475 e. The average Bonchev–Trinajstić information content (AvgIpc) is 3.32. The maximum atomic E-state index is 10.6. The van der Waals surface area contributed by atoms with Gasteiger partial charge < -0.3 is 15.3 Å². The minimum absolute atomic E-state index is 0. The summed E-state index contributed by atoms with van der Waals surface area (Å²) in [5, 5.41) is 23.6. The zero-order valence-corrected chi connectivity index (χ0v) is 14.0. The van der Waals surface area contributed by atoms with Crippen molar-refractivity contribution in [2.75, 3.05) is 5.73 Å². The standard InChI is InChI=1S/C15H11N5O.C2HF3O2.CH4/c16-6-10-12(11-2-1-5-21-11)9-4-3-8-7-18-20-13(8)14(9)19-15(10)17;3-2(4,5)1(6)7;/h1-2,5,7H,3-4H2,(H2,17,19)(H,18,20);(H,6,7);1H4. The summed E-state index contributed by atoms with van der Waals surface area (Å²) in [7, 11) is 0. The summed E-state index contributed by atoms with van der Waals surface area (Å²) in [6, 6.07) is 5.77. The van der Waals surface area contributed by atoms with Gasteiger partial charge in [-0.15, -0.1) is 0 Å². The highest BCUT2D eigenvalue weighted by molar-refractivity contribution is 5.83. The molecule has 0 saturated carbocycles. The monoisotopic (exact) mass is 407 g/mol. The highest BCUT2D eigenvalue weighted by atomic mass is 19.4. The van der Waals surface area contributed by atoms with E-state index in [2.05, 4.69) is 21.3 Å². The summed E-state index contributed by atoms with van der Waals surface area (Å²) < 4.78 is 37.2. The largest absolute Gasteiger partial charge is 0.490 e. The summed E-state index contributed by atoms with van der Waals surface area (Å²) >= 11 is 0. The number of pyridine rings is 1. The zero-order valence-electron chi connectivity index (χ0n) is 14.0. The number of rotatable bonds is 1. The van der Waals surface area contributed by atoms with E-state index in [-0.39, 0.29) is 13.2 Å². The number of H-pyrrole nitrogens is 1. The number of carboxylic acid groups (broad SMARTS) is 1. The third-order valence-corrected chi connectivity index (χ3v) is 4.05. The van der Waals surface area contributed by atoms with E-state index >= 15 is 0 Å². The van der Waals surface area contributed by atoms with Crippen molar-refractivity contribution in [3.05, 3.63) is 41.3 Å². The Hall–Kier alpha value is -3.81. The molecule has 3 heterocycles. The maximum absolute atomic E-state index is 10.6. The molecule has 0 spiro atoms. The molecule has 0 bridgehead atoms.